The Hall–Kier alpha value is -3.79. The molecule has 1 aromatic carbocycles. The third kappa shape index (κ3) is 5.96. The van der Waals surface area contributed by atoms with E-state index in [4.69, 9.17) is 9.72 Å². The minimum Gasteiger partial charge on any atom is -0.381 e. The van der Waals surface area contributed by atoms with Crippen molar-refractivity contribution in [2.75, 3.05) is 37.7 Å². The van der Waals surface area contributed by atoms with Crippen LogP contribution in [0.1, 0.15) is 29.7 Å². The molecule has 194 valence electrons. The first kappa shape index (κ1) is 24.9. The second-order valence-corrected chi connectivity index (χ2v) is 9.80. The van der Waals surface area contributed by atoms with Crippen LogP contribution in [0.2, 0.25) is 0 Å². The van der Waals surface area contributed by atoms with Gasteiger partial charge in [0.15, 0.2) is 0 Å². The van der Waals surface area contributed by atoms with E-state index in [-0.39, 0.29) is 30.2 Å². The summed E-state index contributed by atoms with van der Waals surface area (Å²) in [6, 6.07) is 9.83. The van der Waals surface area contributed by atoms with E-state index in [1.807, 2.05) is 49.1 Å². The molecule has 2 unspecified atom stereocenters. The molecule has 2 aliphatic heterocycles. The summed E-state index contributed by atoms with van der Waals surface area (Å²) < 4.78 is 7.21. The normalized spacial score (nSPS) is 19.7. The van der Waals surface area contributed by atoms with Gasteiger partial charge in [0, 0.05) is 63.4 Å². The van der Waals surface area contributed by atoms with Gasteiger partial charge in [0.05, 0.1) is 18.6 Å². The Morgan fingerprint density at radius 1 is 1.14 bits per heavy atom. The number of amides is 2. The van der Waals surface area contributed by atoms with Crippen molar-refractivity contribution in [1.29, 1.82) is 0 Å². The Bertz CT molecular complexity index is 1220. The number of anilines is 1. The number of carbonyl (C=O) groups excluding carboxylic acids is 2. The first-order valence-corrected chi connectivity index (χ1v) is 12.8. The molecule has 0 aliphatic carbocycles. The summed E-state index contributed by atoms with van der Waals surface area (Å²) in [4.78, 5) is 43.7. The highest BCUT2D eigenvalue weighted by Crippen LogP contribution is 2.25. The van der Waals surface area contributed by atoms with Gasteiger partial charge in [-0.1, -0.05) is 29.8 Å². The summed E-state index contributed by atoms with van der Waals surface area (Å²) in [6.45, 7) is 7.13. The molecule has 2 aromatic heterocycles. The number of aromatic nitrogens is 4. The zero-order valence-corrected chi connectivity index (χ0v) is 21.3. The Morgan fingerprint density at radius 2 is 1.97 bits per heavy atom. The van der Waals surface area contributed by atoms with Crippen molar-refractivity contribution in [1.82, 2.24) is 29.7 Å². The van der Waals surface area contributed by atoms with E-state index in [1.54, 1.807) is 23.3 Å². The van der Waals surface area contributed by atoms with Crippen molar-refractivity contribution >= 4 is 17.6 Å². The molecule has 0 spiro atoms. The second-order valence-electron chi connectivity index (χ2n) is 9.80. The summed E-state index contributed by atoms with van der Waals surface area (Å²) in [5.74, 6) is 1.21. The molecule has 3 aromatic rings. The van der Waals surface area contributed by atoms with Crippen LogP contribution in [0.15, 0.2) is 49.1 Å². The van der Waals surface area contributed by atoms with E-state index in [0.29, 0.717) is 45.3 Å². The highest BCUT2D eigenvalue weighted by atomic mass is 16.5. The molecule has 4 heterocycles. The molecule has 0 bridgehead atoms. The summed E-state index contributed by atoms with van der Waals surface area (Å²) in [7, 11) is 0. The highest BCUT2D eigenvalue weighted by Gasteiger charge is 2.35. The molecule has 2 amide bonds. The first-order chi connectivity index (χ1) is 18.0. The van der Waals surface area contributed by atoms with Crippen molar-refractivity contribution in [2.24, 2.45) is 5.92 Å². The Morgan fingerprint density at radius 3 is 2.70 bits per heavy atom. The molecular formula is C27H33N7O3. The van der Waals surface area contributed by atoms with Gasteiger partial charge < -0.3 is 19.9 Å². The minimum atomic E-state index is -0.219. The van der Waals surface area contributed by atoms with Gasteiger partial charge in [-0.05, 0) is 25.8 Å². The molecule has 0 saturated carbocycles. The number of benzene rings is 1. The van der Waals surface area contributed by atoms with Crippen LogP contribution in [0.3, 0.4) is 0 Å². The van der Waals surface area contributed by atoms with E-state index >= 15 is 0 Å². The Kier molecular flexibility index (Phi) is 7.45. The highest BCUT2D eigenvalue weighted by molar-refractivity contribution is 5.80. The minimum absolute atomic E-state index is 0.0605. The molecule has 0 radical (unpaired) electrons. The average Bonchev–Trinajstić information content (AvgIpc) is 3.63. The van der Waals surface area contributed by atoms with Crippen LogP contribution in [0, 0.1) is 19.8 Å². The number of ether oxygens (including phenoxy) is 1. The number of carbonyl (C=O) groups is 2. The predicted octanol–water partition coefficient (Wildman–Crippen LogP) is 2.04. The largest absolute Gasteiger partial charge is 0.381 e. The monoisotopic (exact) mass is 503 g/mol. The maximum absolute atomic E-state index is 13.2. The molecule has 5 rings (SSSR count). The van der Waals surface area contributed by atoms with Crippen molar-refractivity contribution in [3.63, 3.8) is 0 Å². The summed E-state index contributed by atoms with van der Waals surface area (Å²) >= 11 is 0. The predicted molar refractivity (Wildman–Crippen MR) is 138 cm³/mol. The molecular weight excluding hydrogens is 470 g/mol. The number of imidazole rings is 1. The van der Waals surface area contributed by atoms with Crippen molar-refractivity contribution < 1.29 is 14.3 Å². The fraction of sp³-hybridized carbons (Fsp3) is 0.444. The third-order valence-corrected chi connectivity index (χ3v) is 6.96. The molecule has 1 N–H and O–H groups in total. The van der Waals surface area contributed by atoms with Crippen LogP contribution in [0.4, 0.5) is 5.82 Å². The molecule has 10 nitrogen and oxygen atoms in total. The van der Waals surface area contributed by atoms with E-state index in [0.717, 1.165) is 23.5 Å². The van der Waals surface area contributed by atoms with Crippen molar-refractivity contribution in [2.45, 2.75) is 39.3 Å². The molecule has 2 saturated heterocycles. The van der Waals surface area contributed by atoms with Gasteiger partial charge in [0.1, 0.15) is 12.1 Å². The standard InChI is InChI=1S/C27H33N7O3/c1-19-3-5-21(6-4-19)15-29-25(35)14-23-16-32(26(36)22-7-12-37-17-22)10-11-34(23)24-13-20(2)30-27(31-24)33-9-8-28-18-33/h3-6,8-9,13,18,22-23H,7,10-12,14-17H2,1-2H3,(H,29,35). The van der Waals surface area contributed by atoms with Gasteiger partial charge in [-0.2, -0.15) is 4.98 Å². The number of rotatable bonds is 7. The number of nitrogens with zero attached hydrogens (tertiary/aromatic N) is 6. The molecule has 37 heavy (non-hydrogen) atoms. The SMILES string of the molecule is Cc1ccc(CNC(=O)CC2CN(C(=O)C3CCOC3)CCN2c2cc(C)nc(-n3ccnc3)n2)cc1. The van der Waals surface area contributed by atoms with Crippen LogP contribution in [0.25, 0.3) is 5.95 Å². The lowest BCUT2D eigenvalue weighted by Gasteiger charge is -2.42. The Labute approximate surface area is 216 Å². The topological polar surface area (TPSA) is 105 Å². The first-order valence-electron chi connectivity index (χ1n) is 12.8. The van der Waals surface area contributed by atoms with Gasteiger partial charge in [-0.3, -0.25) is 14.2 Å². The maximum atomic E-state index is 13.2. The fourth-order valence-electron chi connectivity index (χ4n) is 4.89. The zero-order valence-electron chi connectivity index (χ0n) is 21.3. The summed E-state index contributed by atoms with van der Waals surface area (Å²) in [5, 5.41) is 3.05. The van der Waals surface area contributed by atoms with Crippen LogP contribution < -0.4 is 10.2 Å². The van der Waals surface area contributed by atoms with Crippen LogP contribution in [-0.4, -0.2) is 75.1 Å². The van der Waals surface area contributed by atoms with E-state index in [2.05, 4.69) is 20.2 Å². The lowest BCUT2D eigenvalue weighted by Crippen LogP contribution is -2.57. The number of hydrogen-bond acceptors (Lipinski definition) is 7. The van der Waals surface area contributed by atoms with E-state index in [9.17, 15) is 9.59 Å². The van der Waals surface area contributed by atoms with Gasteiger partial charge in [-0.25, -0.2) is 9.97 Å². The van der Waals surface area contributed by atoms with Crippen molar-refractivity contribution in [3.05, 3.63) is 65.9 Å². The van der Waals surface area contributed by atoms with E-state index < -0.39 is 0 Å². The number of nitrogens with one attached hydrogen (secondary N) is 1. The van der Waals surface area contributed by atoms with E-state index in [1.165, 1.54) is 5.56 Å². The molecule has 10 heteroatoms. The van der Waals surface area contributed by atoms with Gasteiger partial charge in [0.25, 0.3) is 0 Å². The zero-order chi connectivity index (χ0) is 25.8. The van der Waals surface area contributed by atoms with Gasteiger partial charge in [-0.15, -0.1) is 0 Å². The lowest BCUT2D eigenvalue weighted by molar-refractivity contribution is -0.137. The second kappa shape index (κ2) is 11.1. The van der Waals surface area contributed by atoms with Gasteiger partial charge >= 0.3 is 0 Å². The van der Waals surface area contributed by atoms with Gasteiger partial charge in [0.2, 0.25) is 17.8 Å². The molecule has 2 aliphatic rings. The summed E-state index contributed by atoms with van der Waals surface area (Å²) in [6.07, 6.45) is 6.15. The molecule has 2 fully saturated rings. The number of aryl methyl sites for hydroxylation is 2. The maximum Gasteiger partial charge on any atom is 0.237 e. The summed E-state index contributed by atoms with van der Waals surface area (Å²) in [5.41, 5.74) is 3.05. The number of hydrogen-bond donors (Lipinski definition) is 1. The third-order valence-electron chi connectivity index (χ3n) is 6.96. The quantitative estimate of drug-likeness (QED) is 0.526. The molecule has 2 atom stereocenters. The van der Waals surface area contributed by atoms with Crippen LogP contribution in [0.5, 0.6) is 0 Å². The van der Waals surface area contributed by atoms with Crippen LogP contribution >= 0.6 is 0 Å². The number of piperazine rings is 1. The lowest BCUT2D eigenvalue weighted by atomic mass is 10.0. The van der Waals surface area contributed by atoms with Crippen molar-refractivity contribution in [3.8, 4) is 5.95 Å². The average molecular weight is 504 g/mol. The Balaban J connectivity index is 1.34. The smallest absolute Gasteiger partial charge is 0.237 e. The fourth-order valence-corrected chi connectivity index (χ4v) is 4.89. The van der Waals surface area contributed by atoms with Crippen LogP contribution in [-0.2, 0) is 20.9 Å².